The third-order valence-corrected chi connectivity index (χ3v) is 38.6. The predicted octanol–water partition coefficient (Wildman–Crippen LogP) is 7.30. The normalized spacial score (nSPS) is 27.2. The summed E-state index contributed by atoms with van der Waals surface area (Å²) in [7, 11) is 0. The molecule has 1 saturated heterocycles. The number of benzene rings is 4. The van der Waals surface area contributed by atoms with Crippen LogP contribution in [-0.4, -0.2) is 0 Å². The van der Waals surface area contributed by atoms with Gasteiger partial charge in [0.05, 0.1) is 0 Å². The molecular weight excluding hydrogens is 802 g/mol. The maximum absolute atomic E-state index is 3.27. The van der Waals surface area contributed by atoms with Gasteiger partial charge in [0, 0.05) is 0 Å². The molecule has 3 heteroatoms. The SMILES string of the molecule is C1=C(C2CCCC2)[CH]([Hf+2]2([CH]3C(C4CCCC4)=Cc4c(-c5ccccc5)cccc43)[CH]3CCCC[CH]32)c2cccc(-c3ccccc3)c21.[Cl-].[Cl-]. The molecule has 1 aliphatic heterocycles. The van der Waals surface area contributed by atoms with Gasteiger partial charge in [-0.15, -0.1) is 0 Å². The van der Waals surface area contributed by atoms with Gasteiger partial charge in [0.15, 0.2) is 0 Å². The second-order valence-corrected chi connectivity index (χ2v) is 32.6. The Balaban J connectivity index is 0.00000174. The van der Waals surface area contributed by atoms with Gasteiger partial charge in [-0.3, -0.25) is 0 Å². The van der Waals surface area contributed by atoms with Gasteiger partial charge in [-0.1, -0.05) is 0 Å². The quantitative estimate of drug-likeness (QED) is 0.179. The van der Waals surface area contributed by atoms with Crippen LogP contribution in [-0.2, 0) is 20.0 Å². The number of allylic oxidation sites excluding steroid dienone is 2. The van der Waals surface area contributed by atoms with Crippen LogP contribution in [0.3, 0.4) is 0 Å². The summed E-state index contributed by atoms with van der Waals surface area (Å²) in [6, 6.07) is 37.7. The first-order valence-corrected chi connectivity index (χ1v) is 27.4. The van der Waals surface area contributed by atoms with E-state index in [9.17, 15) is 0 Å². The first kappa shape index (κ1) is 33.9. The summed E-state index contributed by atoms with van der Waals surface area (Å²) in [5.41, 5.74) is 16.4. The Labute approximate surface area is 311 Å². The number of hydrogen-bond donors (Lipinski definition) is 0. The first-order valence-electron chi connectivity index (χ1n) is 19.1. The smallest absolute Gasteiger partial charge is 1.00 e. The fraction of sp³-hybridized carbons (Fsp3) is 0.391. The van der Waals surface area contributed by atoms with Gasteiger partial charge < -0.3 is 24.8 Å². The van der Waals surface area contributed by atoms with Crippen LogP contribution in [0.25, 0.3) is 34.4 Å². The van der Waals surface area contributed by atoms with Crippen molar-refractivity contribution in [3.63, 3.8) is 0 Å². The summed E-state index contributed by atoms with van der Waals surface area (Å²) in [4.78, 5) is 0. The van der Waals surface area contributed by atoms with Crippen molar-refractivity contribution in [1.82, 2.24) is 0 Å². The van der Waals surface area contributed by atoms with Crippen molar-refractivity contribution in [2.45, 2.75) is 91.7 Å². The van der Waals surface area contributed by atoms with E-state index in [0.717, 1.165) is 26.5 Å². The predicted molar refractivity (Wildman–Crippen MR) is 195 cm³/mol. The van der Waals surface area contributed by atoms with Crippen molar-refractivity contribution < 1.29 is 44.8 Å². The van der Waals surface area contributed by atoms with Crippen LogP contribution in [0.1, 0.15) is 107 Å². The van der Waals surface area contributed by atoms with E-state index in [2.05, 4.69) is 109 Å². The Morgan fingerprint density at radius 3 is 1.20 bits per heavy atom. The van der Waals surface area contributed by atoms with E-state index in [1.54, 1.807) is 22.3 Å². The molecular formula is C46H48Cl2Hf. The van der Waals surface area contributed by atoms with E-state index in [-0.39, 0.29) is 24.8 Å². The van der Waals surface area contributed by atoms with Crippen molar-refractivity contribution in [2.75, 3.05) is 0 Å². The summed E-state index contributed by atoms with van der Waals surface area (Å²) in [5, 5.41) is 0. The summed E-state index contributed by atoms with van der Waals surface area (Å²) < 4.78 is 3.63. The van der Waals surface area contributed by atoms with Crippen molar-refractivity contribution in [2.24, 2.45) is 11.8 Å². The van der Waals surface area contributed by atoms with Gasteiger partial charge in [0.2, 0.25) is 0 Å². The van der Waals surface area contributed by atoms with Crippen molar-refractivity contribution in [3.8, 4) is 22.3 Å². The molecule has 0 radical (unpaired) electrons. The maximum atomic E-state index is 2.82. The molecule has 0 aromatic heterocycles. The number of halogens is 2. The van der Waals surface area contributed by atoms with E-state index in [4.69, 9.17) is 0 Å². The summed E-state index contributed by atoms with van der Waals surface area (Å²) in [6.07, 6.45) is 23.0. The number of fused-ring (bicyclic) bond motifs is 3. The zero-order valence-electron chi connectivity index (χ0n) is 28.6. The van der Waals surface area contributed by atoms with E-state index in [1.165, 1.54) is 99.3 Å². The average Bonchev–Trinajstić information content (AvgIpc) is 3.80. The van der Waals surface area contributed by atoms with E-state index < -0.39 is 20.0 Å². The topological polar surface area (TPSA) is 0 Å². The zero-order valence-corrected chi connectivity index (χ0v) is 33.7. The molecule has 0 nitrogen and oxygen atoms in total. The van der Waals surface area contributed by atoms with E-state index in [0.29, 0.717) is 0 Å². The minimum absolute atomic E-state index is 0. The van der Waals surface area contributed by atoms with Gasteiger partial charge in [0.1, 0.15) is 0 Å². The van der Waals surface area contributed by atoms with E-state index >= 15 is 0 Å². The van der Waals surface area contributed by atoms with Crippen molar-refractivity contribution in [1.29, 1.82) is 0 Å². The van der Waals surface area contributed by atoms with Crippen LogP contribution in [0.4, 0.5) is 0 Å². The summed E-state index contributed by atoms with van der Waals surface area (Å²) in [6.45, 7) is 0. The fourth-order valence-electron chi connectivity index (χ4n) is 12.2. The first-order chi connectivity index (χ1) is 23.3. The molecule has 4 aromatic carbocycles. The Hall–Kier alpha value is -2.19. The molecule has 6 aliphatic rings. The minimum atomic E-state index is -3.27. The molecule has 0 bridgehead atoms. The van der Waals surface area contributed by atoms with Crippen LogP contribution in [0.5, 0.6) is 0 Å². The van der Waals surface area contributed by atoms with Gasteiger partial charge in [-0.25, -0.2) is 0 Å². The second kappa shape index (κ2) is 13.7. The maximum Gasteiger partial charge on any atom is -1.00 e. The van der Waals surface area contributed by atoms with Crippen LogP contribution in [0.2, 0.25) is 7.35 Å². The zero-order chi connectivity index (χ0) is 31.0. The summed E-state index contributed by atoms with van der Waals surface area (Å²) >= 11 is -3.27. The largest absolute Gasteiger partial charge is 1.00 e. The van der Waals surface area contributed by atoms with Gasteiger partial charge in [-0.05, 0) is 0 Å². The molecule has 3 saturated carbocycles. The van der Waals surface area contributed by atoms with Crippen LogP contribution >= 0.6 is 0 Å². The molecule has 10 rings (SSSR count). The Bertz CT molecular complexity index is 1740. The molecule has 4 atom stereocenters. The molecule has 0 spiro atoms. The van der Waals surface area contributed by atoms with Gasteiger partial charge >= 0.3 is 288 Å². The third kappa shape index (κ3) is 5.30. The van der Waals surface area contributed by atoms with Crippen molar-refractivity contribution >= 4 is 12.2 Å². The molecule has 5 aliphatic carbocycles. The molecule has 0 N–H and O–H groups in total. The van der Waals surface area contributed by atoms with Gasteiger partial charge in [-0.2, -0.15) is 0 Å². The molecule has 4 fully saturated rings. The molecule has 1 heterocycles. The van der Waals surface area contributed by atoms with Crippen LogP contribution < -0.4 is 24.8 Å². The average molecular weight is 850 g/mol. The summed E-state index contributed by atoms with van der Waals surface area (Å²) in [5.74, 6) is 1.59. The van der Waals surface area contributed by atoms with Crippen LogP contribution in [0.15, 0.2) is 108 Å². The fourth-order valence-corrected chi connectivity index (χ4v) is 47.8. The van der Waals surface area contributed by atoms with E-state index in [1.807, 2.05) is 11.1 Å². The number of hydrogen-bond acceptors (Lipinski definition) is 0. The number of rotatable bonds is 6. The Kier molecular flexibility index (Phi) is 9.52. The second-order valence-electron chi connectivity index (χ2n) is 16.0. The van der Waals surface area contributed by atoms with Gasteiger partial charge in [0.25, 0.3) is 0 Å². The molecule has 0 amide bonds. The molecule has 250 valence electrons. The molecule has 4 aromatic rings. The van der Waals surface area contributed by atoms with Crippen molar-refractivity contribution in [3.05, 3.63) is 130 Å². The monoisotopic (exact) mass is 850 g/mol. The van der Waals surface area contributed by atoms with Crippen LogP contribution in [0, 0.1) is 11.8 Å². The minimum Gasteiger partial charge on any atom is -1.00 e. The Morgan fingerprint density at radius 1 is 0.408 bits per heavy atom. The third-order valence-electron chi connectivity index (χ3n) is 14.0. The molecule has 49 heavy (non-hydrogen) atoms. The molecule has 4 unspecified atom stereocenters. The standard InChI is InChI=1S/2C20H19.C6H10.2ClH.Hf/c2*1-2-9-16(10-3-1)19-12-6-11-17-13-18(14-20(17)19)15-7-4-5-8-15;1-2-4-6-5-3-1;;;/h2*1-3,6,9-15H,4-5,7-8H2;1-2H,3-6H2;2*1H;/q;;;;;+2/p-2. The Morgan fingerprint density at radius 2 is 0.796 bits per heavy atom.